The fourth-order valence-corrected chi connectivity index (χ4v) is 4.47. The van der Waals surface area contributed by atoms with Crippen molar-refractivity contribution in [2.24, 2.45) is 29.6 Å². The second-order valence-electron chi connectivity index (χ2n) is 7.03. The predicted molar refractivity (Wildman–Crippen MR) is 92.1 cm³/mol. The van der Waals surface area contributed by atoms with Crippen LogP contribution in [0, 0.1) is 29.6 Å². The van der Waals surface area contributed by atoms with E-state index in [1.54, 1.807) is 6.92 Å². The molecule has 1 aliphatic carbocycles. The molecule has 5 heteroatoms. The summed E-state index contributed by atoms with van der Waals surface area (Å²) < 4.78 is 9.91. The monoisotopic (exact) mass is 335 g/mol. The van der Waals surface area contributed by atoms with Crippen molar-refractivity contribution in [2.75, 3.05) is 19.7 Å². The zero-order valence-corrected chi connectivity index (χ0v) is 14.9. The van der Waals surface area contributed by atoms with Crippen molar-refractivity contribution < 1.29 is 19.1 Å². The van der Waals surface area contributed by atoms with Crippen molar-refractivity contribution in [1.29, 1.82) is 0 Å². The van der Waals surface area contributed by atoms with Crippen LogP contribution in [0.2, 0.25) is 0 Å². The highest BCUT2D eigenvalue weighted by atomic mass is 16.5. The van der Waals surface area contributed by atoms with E-state index in [-0.39, 0.29) is 12.1 Å². The number of hydrogen-bond acceptors (Lipinski definition) is 4. The molecule has 0 radical (unpaired) electrons. The largest absolute Gasteiger partial charge is 0.463 e. The van der Waals surface area contributed by atoms with Crippen LogP contribution < -0.4 is 0 Å². The molecule has 24 heavy (non-hydrogen) atoms. The Morgan fingerprint density at radius 1 is 1.21 bits per heavy atom. The van der Waals surface area contributed by atoms with Crippen LogP contribution in [-0.4, -0.2) is 36.7 Å². The first kappa shape index (κ1) is 18.6. The SMILES string of the molecule is C=COC(=O)N1CC2C(CC=CC(=O)OCC)C(C1)[C@H](C)C[C@H]2C. The van der Waals surface area contributed by atoms with Crippen LogP contribution in [0.25, 0.3) is 0 Å². The maximum absolute atomic E-state index is 12.1. The molecular weight excluding hydrogens is 306 g/mol. The fraction of sp³-hybridized carbons (Fsp3) is 0.684. The molecule has 5 nitrogen and oxygen atoms in total. The minimum absolute atomic E-state index is 0.282. The van der Waals surface area contributed by atoms with Crippen LogP contribution in [0.5, 0.6) is 0 Å². The van der Waals surface area contributed by atoms with Crippen molar-refractivity contribution in [1.82, 2.24) is 4.90 Å². The number of likely N-dealkylation sites (tertiary alicyclic amines) is 1. The predicted octanol–water partition coefficient (Wildman–Crippen LogP) is 3.62. The van der Waals surface area contributed by atoms with Crippen molar-refractivity contribution in [3.8, 4) is 0 Å². The molecule has 0 aromatic carbocycles. The second-order valence-corrected chi connectivity index (χ2v) is 7.03. The summed E-state index contributed by atoms with van der Waals surface area (Å²) in [6.45, 7) is 11.6. The van der Waals surface area contributed by atoms with Gasteiger partial charge in [-0.1, -0.05) is 26.5 Å². The van der Waals surface area contributed by atoms with Gasteiger partial charge in [0.05, 0.1) is 12.9 Å². The number of hydrogen-bond donors (Lipinski definition) is 0. The molecule has 4 atom stereocenters. The summed E-state index contributed by atoms with van der Waals surface area (Å²) in [5.41, 5.74) is 0. The number of rotatable bonds is 5. The molecule has 2 unspecified atom stereocenters. The summed E-state index contributed by atoms with van der Waals surface area (Å²) in [4.78, 5) is 25.4. The van der Waals surface area contributed by atoms with Gasteiger partial charge in [-0.2, -0.15) is 0 Å². The number of piperidine rings is 1. The molecule has 2 aliphatic rings. The molecule has 0 aromatic heterocycles. The molecular formula is C19H29NO4. The summed E-state index contributed by atoms with van der Waals surface area (Å²) in [7, 11) is 0. The lowest BCUT2D eigenvalue weighted by molar-refractivity contribution is -0.137. The first-order valence-corrected chi connectivity index (χ1v) is 8.87. The number of esters is 1. The minimum atomic E-state index is -0.304. The number of amides is 1. The van der Waals surface area contributed by atoms with Crippen LogP contribution in [0.4, 0.5) is 4.79 Å². The van der Waals surface area contributed by atoms with Crippen LogP contribution in [-0.2, 0) is 14.3 Å². The Hall–Kier alpha value is -1.78. The van der Waals surface area contributed by atoms with E-state index >= 15 is 0 Å². The van der Waals surface area contributed by atoms with E-state index in [9.17, 15) is 9.59 Å². The molecule has 1 heterocycles. The van der Waals surface area contributed by atoms with Gasteiger partial charge in [-0.25, -0.2) is 9.59 Å². The number of carbonyl (C=O) groups is 2. The Kier molecular flexibility index (Phi) is 6.46. The minimum Gasteiger partial charge on any atom is -0.463 e. The van der Waals surface area contributed by atoms with Crippen molar-refractivity contribution in [3.63, 3.8) is 0 Å². The zero-order valence-electron chi connectivity index (χ0n) is 14.9. The van der Waals surface area contributed by atoms with Gasteiger partial charge < -0.3 is 14.4 Å². The van der Waals surface area contributed by atoms with E-state index in [1.807, 2.05) is 11.0 Å². The highest BCUT2D eigenvalue weighted by molar-refractivity contribution is 5.81. The molecule has 2 fully saturated rings. The quantitative estimate of drug-likeness (QED) is 0.437. The maximum atomic E-state index is 12.1. The first-order valence-electron chi connectivity index (χ1n) is 8.87. The lowest BCUT2D eigenvalue weighted by Gasteiger charge is -2.52. The third-order valence-electron chi connectivity index (χ3n) is 5.56. The summed E-state index contributed by atoms with van der Waals surface area (Å²) in [6.07, 6.45) is 6.41. The smallest absolute Gasteiger partial charge is 0.414 e. The lowest BCUT2D eigenvalue weighted by Crippen LogP contribution is -2.55. The molecule has 2 rings (SSSR count). The van der Waals surface area contributed by atoms with E-state index in [1.165, 1.54) is 18.8 Å². The molecule has 0 spiro atoms. The molecule has 1 saturated carbocycles. The normalized spacial score (nSPS) is 32.5. The van der Waals surface area contributed by atoms with Crippen LogP contribution in [0.15, 0.2) is 25.0 Å². The molecule has 0 aromatic rings. The van der Waals surface area contributed by atoms with Gasteiger partial charge in [-0.05, 0) is 49.4 Å². The number of carbonyl (C=O) groups excluding carboxylic acids is 2. The van der Waals surface area contributed by atoms with Gasteiger partial charge in [0.2, 0.25) is 0 Å². The van der Waals surface area contributed by atoms with E-state index in [0.29, 0.717) is 36.2 Å². The Labute approximate surface area is 144 Å². The highest BCUT2D eigenvalue weighted by Crippen LogP contribution is 2.47. The van der Waals surface area contributed by atoms with Gasteiger partial charge in [0, 0.05) is 19.2 Å². The zero-order chi connectivity index (χ0) is 17.7. The number of ether oxygens (including phenoxy) is 2. The Balaban J connectivity index is 2.07. The van der Waals surface area contributed by atoms with Gasteiger partial charge in [0.1, 0.15) is 0 Å². The third kappa shape index (κ3) is 4.19. The Morgan fingerprint density at radius 2 is 1.83 bits per heavy atom. The number of fused-ring (bicyclic) bond motifs is 2. The standard InChI is InChI=1S/C19H29NO4/c1-5-23-18(21)9-7-8-15-16-11-20(19(22)24-6-2)12-17(15)14(4)10-13(16)3/h6-7,9,13-17H,2,5,8,10-12H2,1,3-4H3/t13-,14-,15?,16?,17?/m1/s1. The van der Waals surface area contributed by atoms with Gasteiger partial charge >= 0.3 is 12.1 Å². The van der Waals surface area contributed by atoms with Gasteiger partial charge in [-0.15, -0.1) is 0 Å². The molecule has 2 bridgehead atoms. The summed E-state index contributed by atoms with van der Waals surface area (Å²) in [5, 5.41) is 0. The number of nitrogens with zero attached hydrogens (tertiary/aromatic N) is 1. The summed E-state index contributed by atoms with van der Waals surface area (Å²) in [6, 6.07) is 0. The lowest BCUT2D eigenvalue weighted by atomic mass is 9.59. The molecule has 134 valence electrons. The fourth-order valence-electron chi connectivity index (χ4n) is 4.47. The topological polar surface area (TPSA) is 55.8 Å². The van der Waals surface area contributed by atoms with Crippen LogP contribution >= 0.6 is 0 Å². The second kappa shape index (κ2) is 8.36. The third-order valence-corrected chi connectivity index (χ3v) is 5.56. The van der Waals surface area contributed by atoms with E-state index in [4.69, 9.17) is 9.47 Å². The Morgan fingerprint density at radius 3 is 2.38 bits per heavy atom. The van der Waals surface area contributed by atoms with Crippen LogP contribution in [0.3, 0.4) is 0 Å². The molecule has 1 amide bonds. The van der Waals surface area contributed by atoms with Crippen LogP contribution in [0.1, 0.15) is 33.6 Å². The number of allylic oxidation sites excluding steroid dienone is 1. The average Bonchev–Trinajstić information content (AvgIpc) is 2.53. The average molecular weight is 335 g/mol. The van der Waals surface area contributed by atoms with E-state index in [0.717, 1.165) is 19.5 Å². The van der Waals surface area contributed by atoms with Crippen molar-refractivity contribution in [3.05, 3.63) is 25.0 Å². The van der Waals surface area contributed by atoms with Crippen molar-refractivity contribution >= 4 is 12.1 Å². The Bertz CT molecular complexity index is 484. The first-order chi connectivity index (χ1) is 11.5. The van der Waals surface area contributed by atoms with Gasteiger partial charge in [0.15, 0.2) is 0 Å². The maximum Gasteiger partial charge on any atom is 0.414 e. The molecule has 1 saturated heterocycles. The summed E-state index contributed by atoms with van der Waals surface area (Å²) >= 11 is 0. The molecule has 0 N–H and O–H groups in total. The van der Waals surface area contributed by atoms with Gasteiger partial charge in [-0.3, -0.25) is 0 Å². The van der Waals surface area contributed by atoms with Crippen molar-refractivity contribution in [2.45, 2.75) is 33.6 Å². The summed E-state index contributed by atoms with van der Waals surface area (Å²) in [5.74, 6) is 2.18. The van der Waals surface area contributed by atoms with Gasteiger partial charge in [0.25, 0.3) is 0 Å². The highest BCUT2D eigenvalue weighted by Gasteiger charge is 2.46. The van der Waals surface area contributed by atoms with E-state index < -0.39 is 0 Å². The van der Waals surface area contributed by atoms with E-state index in [2.05, 4.69) is 20.4 Å². The molecule has 1 aliphatic heterocycles.